The molecule has 0 aliphatic carbocycles. The third-order valence-electron chi connectivity index (χ3n) is 4.99. The summed E-state index contributed by atoms with van der Waals surface area (Å²) in [7, 11) is 0. The minimum atomic E-state index is -4.21. The van der Waals surface area contributed by atoms with Gasteiger partial charge in [-0.2, -0.15) is 13.2 Å². The van der Waals surface area contributed by atoms with Gasteiger partial charge in [0.1, 0.15) is 0 Å². The summed E-state index contributed by atoms with van der Waals surface area (Å²) >= 11 is 6.08. The Hall–Kier alpha value is -2.59. The number of benzene rings is 2. The Morgan fingerprint density at radius 2 is 1.74 bits per heavy atom. The lowest BCUT2D eigenvalue weighted by Gasteiger charge is -2.37. The van der Waals surface area contributed by atoms with E-state index in [1.165, 1.54) is 12.1 Å². The molecule has 11 heteroatoms. The molecule has 0 unspecified atom stereocenters. The SMILES string of the molecule is Nc1ccc(C(=O)Nc2ccc(Cl)cc2N2CCN(CCC(F)(F)F)CC2)c(F)c1F. The molecule has 1 aliphatic rings. The van der Waals surface area contributed by atoms with Crippen molar-refractivity contribution in [3.05, 3.63) is 52.6 Å². The fraction of sp³-hybridized carbons (Fsp3) is 0.350. The van der Waals surface area contributed by atoms with Crippen LogP contribution >= 0.6 is 11.6 Å². The summed E-state index contributed by atoms with van der Waals surface area (Å²) in [6.45, 7) is 1.53. The first-order valence-corrected chi connectivity index (χ1v) is 9.81. The number of halogens is 6. The van der Waals surface area contributed by atoms with Crippen molar-refractivity contribution in [1.29, 1.82) is 0 Å². The van der Waals surface area contributed by atoms with Crippen molar-refractivity contribution < 1.29 is 26.7 Å². The summed E-state index contributed by atoms with van der Waals surface area (Å²) < 4.78 is 65.1. The highest BCUT2D eigenvalue weighted by molar-refractivity contribution is 6.31. The highest BCUT2D eigenvalue weighted by Gasteiger charge is 2.29. The van der Waals surface area contributed by atoms with Gasteiger partial charge in [0.2, 0.25) is 0 Å². The van der Waals surface area contributed by atoms with Gasteiger partial charge in [-0.25, -0.2) is 8.78 Å². The van der Waals surface area contributed by atoms with Crippen molar-refractivity contribution in [2.24, 2.45) is 0 Å². The highest BCUT2D eigenvalue weighted by Crippen LogP contribution is 2.31. The Balaban J connectivity index is 1.73. The van der Waals surface area contributed by atoms with Crippen molar-refractivity contribution in [2.45, 2.75) is 12.6 Å². The van der Waals surface area contributed by atoms with Crippen molar-refractivity contribution in [3.63, 3.8) is 0 Å². The van der Waals surface area contributed by atoms with Crippen molar-refractivity contribution in [1.82, 2.24) is 4.90 Å². The van der Waals surface area contributed by atoms with Gasteiger partial charge in [-0.15, -0.1) is 0 Å². The second-order valence-corrected chi connectivity index (χ2v) is 7.58. The minimum absolute atomic E-state index is 0.0849. The second kappa shape index (κ2) is 9.27. The average Bonchev–Trinajstić information content (AvgIpc) is 2.71. The van der Waals surface area contributed by atoms with Crippen LogP contribution in [0.5, 0.6) is 0 Å². The standard InChI is InChI=1S/C20H20ClF5N4O/c21-12-1-4-15(28-19(31)13-2-3-14(27)18(23)17(13)22)16(11-12)30-9-7-29(8-10-30)6-5-20(24,25)26/h1-4,11H,5-10,27H2,(H,28,31). The third-order valence-corrected chi connectivity index (χ3v) is 5.22. The molecule has 0 spiro atoms. The smallest absolute Gasteiger partial charge is 0.390 e. The van der Waals surface area contributed by atoms with E-state index in [9.17, 15) is 26.7 Å². The number of nitrogens with one attached hydrogen (secondary N) is 1. The number of nitrogens with zero attached hydrogens (tertiary/aromatic N) is 2. The molecule has 0 saturated carbocycles. The Morgan fingerprint density at radius 3 is 2.39 bits per heavy atom. The molecule has 0 radical (unpaired) electrons. The topological polar surface area (TPSA) is 61.6 Å². The molecular formula is C20H20ClF5N4O. The lowest BCUT2D eigenvalue weighted by molar-refractivity contribution is -0.138. The average molecular weight is 463 g/mol. The van der Waals surface area contributed by atoms with E-state index in [1.54, 1.807) is 11.0 Å². The molecule has 5 nitrogen and oxygen atoms in total. The van der Waals surface area contributed by atoms with Gasteiger partial charge in [0.25, 0.3) is 5.91 Å². The van der Waals surface area contributed by atoms with Crippen LogP contribution < -0.4 is 16.0 Å². The fourth-order valence-corrected chi connectivity index (χ4v) is 3.47. The Kier molecular flexibility index (Phi) is 6.90. The zero-order valence-corrected chi connectivity index (χ0v) is 17.0. The molecule has 0 aromatic heterocycles. The van der Waals surface area contributed by atoms with E-state index >= 15 is 0 Å². The molecule has 31 heavy (non-hydrogen) atoms. The zero-order valence-electron chi connectivity index (χ0n) is 16.3. The summed E-state index contributed by atoms with van der Waals surface area (Å²) in [4.78, 5) is 16.1. The monoisotopic (exact) mass is 462 g/mol. The molecule has 1 heterocycles. The number of carbonyl (C=O) groups is 1. The van der Waals surface area contributed by atoms with Crippen LogP contribution in [-0.4, -0.2) is 49.7 Å². The van der Waals surface area contributed by atoms with Crippen LogP contribution in [0.25, 0.3) is 0 Å². The summed E-state index contributed by atoms with van der Waals surface area (Å²) in [6.07, 6.45) is -5.09. The fourth-order valence-electron chi connectivity index (χ4n) is 3.30. The zero-order chi connectivity index (χ0) is 22.8. The third kappa shape index (κ3) is 5.76. The van der Waals surface area contributed by atoms with E-state index in [1.807, 2.05) is 4.90 Å². The molecule has 168 valence electrons. The van der Waals surface area contributed by atoms with E-state index < -0.39 is 41.4 Å². The molecule has 2 aromatic rings. The number of carbonyl (C=O) groups excluding carboxylic acids is 1. The number of piperazine rings is 1. The first-order chi connectivity index (χ1) is 14.5. The molecule has 0 bridgehead atoms. The maximum Gasteiger partial charge on any atom is 0.390 e. The molecule has 1 amide bonds. The first-order valence-electron chi connectivity index (χ1n) is 9.43. The molecular weight excluding hydrogens is 443 g/mol. The number of nitrogens with two attached hydrogens (primary N) is 1. The quantitative estimate of drug-likeness (QED) is 0.506. The molecule has 3 rings (SSSR count). The van der Waals surface area contributed by atoms with Crippen LogP contribution in [-0.2, 0) is 0 Å². The van der Waals surface area contributed by atoms with Gasteiger partial charge in [0.15, 0.2) is 11.6 Å². The van der Waals surface area contributed by atoms with Gasteiger partial charge in [-0.05, 0) is 30.3 Å². The van der Waals surface area contributed by atoms with E-state index in [-0.39, 0.29) is 6.54 Å². The number of rotatable bonds is 5. The normalized spacial score (nSPS) is 15.2. The lowest BCUT2D eigenvalue weighted by Crippen LogP contribution is -2.47. The van der Waals surface area contributed by atoms with Crippen LogP contribution in [0.2, 0.25) is 5.02 Å². The molecule has 1 fully saturated rings. The van der Waals surface area contributed by atoms with E-state index in [4.69, 9.17) is 17.3 Å². The maximum absolute atomic E-state index is 14.1. The molecule has 1 saturated heterocycles. The van der Waals surface area contributed by atoms with E-state index in [2.05, 4.69) is 5.32 Å². The van der Waals surface area contributed by atoms with Crippen LogP contribution in [0.1, 0.15) is 16.8 Å². The largest absolute Gasteiger partial charge is 0.396 e. The Labute approximate surface area is 180 Å². The molecule has 0 atom stereocenters. The van der Waals surface area contributed by atoms with Crippen molar-refractivity contribution in [3.8, 4) is 0 Å². The predicted molar refractivity (Wildman–Crippen MR) is 110 cm³/mol. The number of anilines is 3. The van der Waals surface area contributed by atoms with Gasteiger partial charge in [0.05, 0.1) is 29.0 Å². The predicted octanol–water partition coefficient (Wildman–Crippen LogP) is 4.53. The van der Waals surface area contributed by atoms with Crippen LogP contribution in [0, 0.1) is 11.6 Å². The summed E-state index contributed by atoms with van der Waals surface area (Å²) in [6, 6.07) is 6.83. The number of hydrogen-bond donors (Lipinski definition) is 2. The maximum atomic E-state index is 14.1. The van der Waals surface area contributed by atoms with Gasteiger partial charge < -0.3 is 16.0 Å². The summed E-state index contributed by atoms with van der Waals surface area (Å²) in [5, 5.41) is 2.93. The molecule has 1 aliphatic heterocycles. The van der Waals surface area contributed by atoms with Crippen LogP contribution in [0.3, 0.4) is 0 Å². The first kappa shape index (κ1) is 23.1. The summed E-state index contributed by atoms with van der Waals surface area (Å²) in [5.41, 5.74) is 5.23. The molecule has 2 aromatic carbocycles. The summed E-state index contributed by atoms with van der Waals surface area (Å²) in [5.74, 6) is -3.53. The van der Waals surface area contributed by atoms with E-state index in [0.29, 0.717) is 42.6 Å². The lowest BCUT2D eigenvalue weighted by atomic mass is 10.1. The minimum Gasteiger partial charge on any atom is -0.396 e. The van der Waals surface area contributed by atoms with Crippen LogP contribution in [0.4, 0.5) is 39.0 Å². The van der Waals surface area contributed by atoms with Gasteiger partial charge in [-0.3, -0.25) is 9.69 Å². The van der Waals surface area contributed by atoms with E-state index in [0.717, 1.165) is 12.1 Å². The number of amides is 1. The number of hydrogen-bond acceptors (Lipinski definition) is 4. The van der Waals surface area contributed by atoms with Gasteiger partial charge in [-0.1, -0.05) is 11.6 Å². The molecule has 3 N–H and O–H groups in total. The number of nitrogen functional groups attached to an aromatic ring is 1. The Morgan fingerprint density at radius 1 is 1.06 bits per heavy atom. The van der Waals surface area contributed by atoms with Crippen molar-refractivity contribution in [2.75, 3.05) is 48.7 Å². The van der Waals surface area contributed by atoms with Gasteiger partial charge in [0, 0.05) is 37.7 Å². The van der Waals surface area contributed by atoms with Crippen molar-refractivity contribution >= 4 is 34.6 Å². The second-order valence-electron chi connectivity index (χ2n) is 7.14. The Bertz CT molecular complexity index is 961. The van der Waals surface area contributed by atoms with Gasteiger partial charge >= 0.3 is 6.18 Å². The van der Waals surface area contributed by atoms with Crippen LogP contribution in [0.15, 0.2) is 30.3 Å². The highest BCUT2D eigenvalue weighted by atomic mass is 35.5. The number of alkyl halides is 3.